The van der Waals surface area contributed by atoms with Gasteiger partial charge in [-0.3, -0.25) is 4.79 Å². The summed E-state index contributed by atoms with van der Waals surface area (Å²) in [5.41, 5.74) is 5.60. The van der Waals surface area contributed by atoms with Crippen molar-refractivity contribution < 1.29 is 4.79 Å². The van der Waals surface area contributed by atoms with Gasteiger partial charge in [0.1, 0.15) is 0 Å². The monoisotopic (exact) mass is 153 g/mol. The van der Waals surface area contributed by atoms with E-state index in [9.17, 15) is 4.79 Å². The van der Waals surface area contributed by atoms with Crippen LogP contribution in [0.1, 0.15) is 6.92 Å². The molecule has 4 heteroatoms. The number of rotatable bonds is 0. The maximum absolute atomic E-state index is 10.8. The molecule has 1 fully saturated rings. The summed E-state index contributed by atoms with van der Waals surface area (Å²) in [6, 6.07) is 1.92. The third-order valence-electron chi connectivity index (χ3n) is 1.98. The summed E-state index contributed by atoms with van der Waals surface area (Å²) in [7, 11) is 0. The van der Waals surface area contributed by atoms with Gasteiger partial charge in [-0.1, -0.05) is 0 Å². The van der Waals surface area contributed by atoms with Gasteiger partial charge >= 0.3 is 0 Å². The minimum absolute atomic E-state index is 0.00167. The van der Waals surface area contributed by atoms with Crippen molar-refractivity contribution in [1.82, 2.24) is 4.90 Å². The topological polar surface area (TPSA) is 70.1 Å². The lowest BCUT2D eigenvalue weighted by molar-refractivity contribution is -0.127. The first kappa shape index (κ1) is 8.02. The molecular weight excluding hydrogens is 142 g/mol. The van der Waals surface area contributed by atoms with E-state index in [0.29, 0.717) is 13.1 Å². The van der Waals surface area contributed by atoms with Crippen LogP contribution in [0.15, 0.2) is 0 Å². The highest BCUT2D eigenvalue weighted by molar-refractivity contribution is 5.73. The molecule has 0 saturated carbocycles. The van der Waals surface area contributed by atoms with Crippen LogP contribution in [0.5, 0.6) is 0 Å². The van der Waals surface area contributed by atoms with Crippen LogP contribution in [0.3, 0.4) is 0 Å². The van der Waals surface area contributed by atoms with Gasteiger partial charge in [0.25, 0.3) is 0 Å². The van der Waals surface area contributed by atoms with E-state index < -0.39 is 0 Å². The minimum atomic E-state index is -0.182. The maximum atomic E-state index is 10.8. The summed E-state index contributed by atoms with van der Waals surface area (Å²) in [6.45, 7) is 2.51. The Labute approximate surface area is 65.6 Å². The van der Waals surface area contributed by atoms with E-state index in [1.807, 2.05) is 0 Å². The molecule has 0 aromatic carbocycles. The number of nitrogens with zero attached hydrogens (tertiary/aromatic N) is 2. The van der Waals surface area contributed by atoms with Gasteiger partial charge in [0.15, 0.2) is 0 Å². The molecule has 1 heterocycles. The van der Waals surface area contributed by atoms with E-state index in [1.54, 1.807) is 4.90 Å². The number of carbonyl (C=O) groups is 1. The third kappa shape index (κ3) is 1.49. The van der Waals surface area contributed by atoms with Gasteiger partial charge in [0, 0.05) is 26.1 Å². The van der Waals surface area contributed by atoms with Crippen molar-refractivity contribution >= 4 is 5.91 Å². The number of likely N-dealkylation sites (tertiary alicyclic amines) is 1. The van der Waals surface area contributed by atoms with E-state index in [0.717, 1.165) is 0 Å². The zero-order valence-electron chi connectivity index (χ0n) is 6.45. The van der Waals surface area contributed by atoms with Crippen molar-refractivity contribution in [1.29, 1.82) is 5.26 Å². The zero-order valence-corrected chi connectivity index (χ0v) is 6.45. The van der Waals surface area contributed by atoms with Crippen molar-refractivity contribution in [2.24, 2.45) is 11.7 Å². The van der Waals surface area contributed by atoms with Gasteiger partial charge in [-0.25, -0.2) is 0 Å². The van der Waals surface area contributed by atoms with Crippen molar-refractivity contribution in [2.75, 3.05) is 13.1 Å². The van der Waals surface area contributed by atoms with Gasteiger partial charge in [-0.2, -0.15) is 5.26 Å². The van der Waals surface area contributed by atoms with Crippen molar-refractivity contribution in [3.8, 4) is 6.07 Å². The Morgan fingerprint density at radius 2 is 2.36 bits per heavy atom. The van der Waals surface area contributed by atoms with E-state index in [1.165, 1.54) is 6.92 Å². The van der Waals surface area contributed by atoms with Crippen LogP contribution in [-0.4, -0.2) is 29.9 Å². The fourth-order valence-electron chi connectivity index (χ4n) is 1.22. The number of amides is 1. The molecular formula is C7H11N3O. The Kier molecular flexibility index (Phi) is 2.11. The molecule has 1 aliphatic heterocycles. The number of nitriles is 1. The van der Waals surface area contributed by atoms with Crippen LogP contribution in [0.4, 0.5) is 0 Å². The molecule has 4 nitrogen and oxygen atoms in total. The van der Waals surface area contributed by atoms with Gasteiger partial charge in [0.2, 0.25) is 5.91 Å². The average Bonchev–Trinajstić information content (AvgIpc) is 2.31. The maximum Gasteiger partial charge on any atom is 0.219 e. The summed E-state index contributed by atoms with van der Waals surface area (Å²) in [4.78, 5) is 12.4. The highest BCUT2D eigenvalue weighted by Gasteiger charge is 2.31. The first-order valence-electron chi connectivity index (χ1n) is 3.56. The second-order valence-electron chi connectivity index (χ2n) is 2.82. The molecule has 1 amide bonds. The smallest absolute Gasteiger partial charge is 0.219 e. The fraction of sp³-hybridized carbons (Fsp3) is 0.714. The van der Waals surface area contributed by atoms with Crippen LogP contribution >= 0.6 is 0 Å². The second kappa shape index (κ2) is 2.89. The van der Waals surface area contributed by atoms with E-state index >= 15 is 0 Å². The van der Waals surface area contributed by atoms with E-state index in [-0.39, 0.29) is 17.9 Å². The van der Waals surface area contributed by atoms with E-state index in [4.69, 9.17) is 11.0 Å². The predicted molar refractivity (Wildman–Crippen MR) is 39.3 cm³/mol. The Hall–Kier alpha value is -1.08. The largest absolute Gasteiger partial charge is 0.340 e. The third-order valence-corrected chi connectivity index (χ3v) is 1.98. The van der Waals surface area contributed by atoms with Crippen molar-refractivity contribution in [3.05, 3.63) is 0 Å². The van der Waals surface area contributed by atoms with Crippen molar-refractivity contribution in [3.63, 3.8) is 0 Å². The summed E-state index contributed by atoms with van der Waals surface area (Å²) < 4.78 is 0. The summed E-state index contributed by atoms with van der Waals surface area (Å²) in [5.74, 6) is -0.183. The molecule has 0 aliphatic carbocycles. The molecule has 0 radical (unpaired) electrons. The molecule has 60 valence electrons. The standard InChI is InChI=1S/C7H11N3O/c1-5(11)10-3-6(2-8)7(9)4-10/h6-7H,3-4,9H2,1H3/t6-,7+/m0/s1. The lowest BCUT2D eigenvalue weighted by atomic mass is 10.1. The Bertz CT molecular complexity index is 208. The van der Waals surface area contributed by atoms with Crippen LogP contribution in [0.25, 0.3) is 0 Å². The number of hydrogen-bond acceptors (Lipinski definition) is 3. The normalized spacial score (nSPS) is 30.1. The molecule has 0 bridgehead atoms. The first-order valence-corrected chi connectivity index (χ1v) is 3.56. The van der Waals surface area contributed by atoms with E-state index in [2.05, 4.69) is 6.07 Å². The molecule has 11 heavy (non-hydrogen) atoms. The highest BCUT2D eigenvalue weighted by atomic mass is 16.2. The Morgan fingerprint density at radius 3 is 2.64 bits per heavy atom. The second-order valence-corrected chi connectivity index (χ2v) is 2.82. The molecule has 1 rings (SSSR count). The van der Waals surface area contributed by atoms with Crippen LogP contribution in [-0.2, 0) is 4.79 Å². The summed E-state index contributed by atoms with van der Waals surface area (Å²) in [5, 5.41) is 8.57. The van der Waals surface area contributed by atoms with Gasteiger partial charge in [-0.15, -0.1) is 0 Å². The predicted octanol–water partition coefficient (Wildman–Crippen LogP) is -0.684. The summed E-state index contributed by atoms with van der Waals surface area (Å²) in [6.07, 6.45) is 0. The minimum Gasteiger partial charge on any atom is -0.340 e. The van der Waals surface area contributed by atoms with Crippen molar-refractivity contribution in [2.45, 2.75) is 13.0 Å². The SMILES string of the molecule is CC(=O)N1C[C@@H](N)[C@@H](C#N)C1. The molecule has 2 atom stereocenters. The fourth-order valence-corrected chi connectivity index (χ4v) is 1.22. The molecule has 1 saturated heterocycles. The molecule has 2 N–H and O–H groups in total. The first-order chi connectivity index (χ1) is 5.15. The molecule has 1 aliphatic rings. The Morgan fingerprint density at radius 1 is 1.73 bits per heavy atom. The quantitative estimate of drug-likeness (QED) is 0.501. The average molecular weight is 153 g/mol. The van der Waals surface area contributed by atoms with Gasteiger partial charge < -0.3 is 10.6 Å². The number of carbonyl (C=O) groups excluding carboxylic acids is 1. The van der Waals surface area contributed by atoms with Gasteiger partial charge in [-0.05, 0) is 0 Å². The van der Waals surface area contributed by atoms with Crippen LogP contribution < -0.4 is 5.73 Å². The number of hydrogen-bond donors (Lipinski definition) is 1. The number of nitrogens with two attached hydrogens (primary N) is 1. The van der Waals surface area contributed by atoms with Crippen LogP contribution in [0, 0.1) is 17.2 Å². The lowest BCUT2D eigenvalue weighted by Gasteiger charge is -2.11. The lowest BCUT2D eigenvalue weighted by Crippen LogP contribution is -2.30. The highest BCUT2D eigenvalue weighted by Crippen LogP contribution is 2.13. The van der Waals surface area contributed by atoms with Crippen LogP contribution in [0.2, 0.25) is 0 Å². The van der Waals surface area contributed by atoms with Gasteiger partial charge in [0.05, 0.1) is 12.0 Å². The summed E-state index contributed by atoms with van der Waals surface area (Å²) >= 11 is 0. The molecule has 0 spiro atoms. The molecule has 0 unspecified atom stereocenters. The molecule has 0 aromatic rings. The molecule has 0 aromatic heterocycles. The zero-order chi connectivity index (χ0) is 8.43. The Balaban J connectivity index is 2.58.